The first-order valence-electron chi connectivity index (χ1n) is 8.76. The Morgan fingerprint density at radius 2 is 2.04 bits per heavy atom. The number of ether oxygens (including phenoxy) is 2. The maximum absolute atomic E-state index is 12.1. The van der Waals surface area contributed by atoms with Gasteiger partial charge in [0.25, 0.3) is 0 Å². The van der Waals surface area contributed by atoms with Gasteiger partial charge in [0.2, 0.25) is 5.91 Å². The van der Waals surface area contributed by atoms with Crippen molar-refractivity contribution < 1.29 is 19.4 Å². The summed E-state index contributed by atoms with van der Waals surface area (Å²) in [6, 6.07) is 7.40. The molecule has 25 heavy (non-hydrogen) atoms. The van der Waals surface area contributed by atoms with Gasteiger partial charge in [0, 0.05) is 24.7 Å². The van der Waals surface area contributed by atoms with E-state index in [1.165, 1.54) is 0 Å². The Labute approximate surface area is 154 Å². The lowest BCUT2D eigenvalue weighted by Gasteiger charge is -2.28. The van der Waals surface area contributed by atoms with Crippen LogP contribution in [0.1, 0.15) is 32.1 Å². The second-order valence-corrected chi connectivity index (χ2v) is 6.51. The molecule has 3 unspecified atom stereocenters. The first-order chi connectivity index (χ1) is 11.7. The predicted octanol–water partition coefficient (Wildman–Crippen LogP) is 2.11. The summed E-state index contributed by atoms with van der Waals surface area (Å²) in [4.78, 5) is 12.1. The molecule has 6 nitrogen and oxygen atoms in total. The molecule has 1 heterocycles. The Bertz CT molecular complexity index is 534. The number of rotatable bonds is 5. The Kier molecular flexibility index (Phi) is 7.96. The Morgan fingerprint density at radius 1 is 1.28 bits per heavy atom. The number of benzene rings is 1. The average molecular weight is 371 g/mol. The first-order valence-corrected chi connectivity index (χ1v) is 8.76. The molecule has 0 aromatic heterocycles. The van der Waals surface area contributed by atoms with Gasteiger partial charge in [-0.1, -0.05) is 6.42 Å². The lowest BCUT2D eigenvalue weighted by atomic mass is 9.95. The van der Waals surface area contributed by atoms with E-state index >= 15 is 0 Å². The van der Waals surface area contributed by atoms with Crippen molar-refractivity contribution in [2.24, 2.45) is 0 Å². The van der Waals surface area contributed by atoms with Gasteiger partial charge in [0.15, 0.2) is 0 Å². The molecule has 3 rings (SSSR count). The summed E-state index contributed by atoms with van der Waals surface area (Å²) in [5.74, 6) is 0.690. The smallest absolute Gasteiger partial charge is 0.226 e. The lowest BCUT2D eigenvalue weighted by Crippen LogP contribution is -2.43. The van der Waals surface area contributed by atoms with Crippen LogP contribution in [-0.2, 0) is 9.53 Å². The molecule has 1 aromatic carbocycles. The Hall–Kier alpha value is -1.34. The second kappa shape index (κ2) is 9.97. The number of hydrogen-bond acceptors (Lipinski definition) is 5. The maximum Gasteiger partial charge on any atom is 0.226 e. The normalized spacial score (nSPS) is 26.4. The number of hydrogen-bond donors (Lipinski definition) is 3. The average Bonchev–Trinajstić information content (AvgIpc) is 2.59. The Balaban J connectivity index is 0.00000225. The zero-order valence-corrected chi connectivity index (χ0v) is 15.1. The topological polar surface area (TPSA) is 79.8 Å². The van der Waals surface area contributed by atoms with E-state index < -0.39 is 0 Å². The third kappa shape index (κ3) is 6.15. The summed E-state index contributed by atoms with van der Waals surface area (Å²) < 4.78 is 11.2. The first kappa shape index (κ1) is 20.0. The van der Waals surface area contributed by atoms with Crippen LogP contribution < -0.4 is 15.4 Å². The van der Waals surface area contributed by atoms with E-state index in [-0.39, 0.29) is 36.6 Å². The molecule has 1 saturated carbocycles. The number of morpholine rings is 1. The van der Waals surface area contributed by atoms with Crippen LogP contribution in [0.4, 0.5) is 5.69 Å². The van der Waals surface area contributed by atoms with Crippen LogP contribution in [0, 0.1) is 0 Å². The summed E-state index contributed by atoms with van der Waals surface area (Å²) in [7, 11) is 0. The van der Waals surface area contributed by atoms with Crippen molar-refractivity contribution in [1.82, 2.24) is 5.32 Å². The van der Waals surface area contributed by atoms with Crippen LogP contribution in [0.25, 0.3) is 0 Å². The fraction of sp³-hybridized carbons (Fsp3) is 0.611. The molecule has 0 radical (unpaired) electrons. The van der Waals surface area contributed by atoms with Crippen molar-refractivity contribution in [3.05, 3.63) is 24.3 Å². The molecule has 0 bridgehead atoms. The minimum absolute atomic E-state index is 0. The van der Waals surface area contributed by atoms with E-state index in [1.54, 1.807) is 0 Å². The zero-order valence-electron chi connectivity index (χ0n) is 14.3. The van der Waals surface area contributed by atoms with E-state index in [4.69, 9.17) is 9.47 Å². The van der Waals surface area contributed by atoms with Gasteiger partial charge in [-0.05, 0) is 43.5 Å². The van der Waals surface area contributed by atoms with E-state index in [0.717, 1.165) is 43.7 Å². The molecule has 140 valence electrons. The van der Waals surface area contributed by atoms with Gasteiger partial charge in [0.1, 0.15) is 11.9 Å². The summed E-state index contributed by atoms with van der Waals surface area (Å²) in [5.41, 5.74) is 0.744. The minimum Gasteiger partial charge on any atom is -0.488 e. The van der Waals surface area contributed by atoms with Crippen molar-refractivity contribution in [2.75, 3.05) is 25.1 Å². The number of aliphatic hydroxyl groups excluding tert-OH is 1. The molecular weight excluding hydrogens is 344 g/mol. The van der Waals surface area contributed by atoms with E-state index in [9.17, 15) is 9.90 Å². The predicted molar refractivity (Wildman–Crippen MR) is 98.4 cm³/mol. The van der Waals surface area contributed by atoms with Gasteiger partial charge in [-0.3, -0.25) is 4.79 Å². The lowest BCUT2D eigenvalue weighted by molar-refractivity contribution is -0.117. The molecule has 2 fully saturated rings. The number of halogens is 1. The number of amides is 1. The fourth-order valence-electron chi connectivity index (χ4n) is 3.19. The van der Waals surface area contributed by atoms with Crippen LogP contribution in [0.2, 0.25) is 0 Å². The van der Waals surface area contributed by atoms with Gasteiger partial charge in [0.05, 0.1) is 19.3 Å². The highest BCUT2D eigenvalue weighted by molar-refractivity contribution is 5.91. The third-order valence-corrected chi connectivity index (χ3v) is 4.52. The molecule has 0 spiro atoms. The second-order valence-electron chi connectivity index (χ2n) is 6.51. The molecule has 1 saturated heterocycles. The molecule has 1 amide bonds. The van der Waals surface area contributed by atoms with Crippen molar-refractivity contribution >= 4 is 24.0 Å². The quantitative estimate of drug-likeness (QED) is 0.739. The summed E-state index contributed by atoms with van der Waals surface area (Å²) >= 11 is 0. The van der Waals surface area contributed by atoms with Gasteiger partial charge < -0.3 is 25.2 Å². The van der Waals surface area contributed by atoms with Crippen LogP contribution >= 0.6 is 12.4 Å². The summed E-state index contributed by atoms with van der Waals surface area (Å²) in [6.07, 6.45) is 3.72. The molecule has 2 aliphatic rings. The number of carbonyl (C=O) groups excluding carboxylic acids is 1. The third-order valence-electron chi connectivity index (χ3n) is 4.52. The van der Waals surface area contributed by atoms with Crippen molar-refractivity contribution in [3.8, 4) is 5.75 Å². The highest BCUT2D eigenvalue weighted by atomic mass is 35.5. The molecule has 7 heteroatoms. The highest BCUT2D eigenvalue weighted by Crippen LogP contribution is 2.25. The Morgan fingerprint density at radius 3 is 2.72 bits per heavy atom. The molecule has 1 aromatic rings. The fourth-order valence-corrected chi connectivity index (χ4v) is 3.19. The molecular formula is C18H27ClN2O4. The molecule has 3 atom stereocenters. The SMILES string of the molecule is Cl.O=C(CC1COCCN1)Nc1ccc(OC2CCCCC2O)cc1. The van der Waals surface area contributed by atoms with Crippen molar-refractivity contribution in [2.45, 2.75) is 50.4 Å². The number of carbonyl (C=O) groups is 1. The van der Waals surface area contributed by atoms with E-state index in [2.05, 4.69) is 10.6 Å². The molecule has 3 N–H and O–H groups in total. The van der Waals surface area contributed by atoms with Crippen LogP contribution in [0.15, 0.2) is 24.3 Å². The van der Waals surface area contributed by atoms with E-state index in [0.29, 0.717) is 19.6 Å². The van der Waals surface area contributed by atoms with Crippen molar-refractivity contribution in [3.63, 3.8) is 0 Å². The van der Waals surface area contributed by atoms with E-state index in [1.807, 2.05) is 24.3 Å². The highest BCUT2D eigenvalue weighted by Gasteiger charge is 2.24. The van der Waals surface area contributed by atoms with Crippen molar-refractivity contribution in [1.29, 1.82) is 0 Å². The monoisotopic (exact) mass is 370 g/mol. The standard InChI is InChI=1S/C18H26N2O4.ClH/c21-16-3-1-2-4-17(16)24-15-7-5-13(6-8-15)20-18(22)11-14-12-23-10-9-19-14;/h5-8,14,16-17,19,21H,1-4,9-12H2,(H,20,22);1H. The van der Waals surface area contributed by atoms with Crippen LogP contribution in [0.5, 0.6) is 5.75 Å². The van der Waals surface area contributed by atoms with Crippen LogP contribution in [0.3, 0.4) is 0 Å². The van der Waals surface area contributed by atoms with Gasteiger partial charge in [-0.25, -0.2) is 0 Å². The van der Waals surface area contributed by atoms with Gasteiger partial charge in [-0.15, -0.1) is 12.4 Å². The maximum atomic E-state index is 12.1. The number of aliphatic hydroxyl groups is 1. The number of nitrogens with one attached hydrogen (secondary N) is 2. The number of anilines is 1. The van der Waals surface area contributed by atoms with Gasteiger partial charge >= 0.3 is 0 Å². The summed E-state index contributed by atoms with van der Waals surface area (Å²) in [5, 5.41) is 16.1. The largest absolute Gasteiger partial charge is 0.488 e. The molecule has 1 aliphatic carbocycles. The minimum atomic E-state index is -0.386. The zero-order chi connectivity index (χ0) is 16.8. The summed E-state index contributed by atoms with van der Waals surface area (Å²) in [6.45, 7) is 2.07. The van der Waals surface area contributed by atoms with Gasteiger partial charge in [-0.2, -0.15) is 0 Å². The van der Waals surface area contributed by atoms with Crippen LogP contribution in [-0.4, -0.2) is 49.0 Å². The molecule has 1 aliphatic heterocycles.